The van der Waals surface area contributed by atoms with Crippen LogP contribution in [0.25, 0.3) is 0 Å². The number of hydrogen-bond donors (Lipinski definition) is 2. The highest BCUT2D eigenvalue weighted by molar-refractivity contribution is 5.80. The molecule has 0 aliphatic carbocycles. The van der Waals surface area contributed by atoms with Crippen LogP contribution in [0, 0.1) is 5.53 Å². The second kappa shape index (κ2) is 5.03. The summed E-state index contributed by atoms with van der Waals surface area (Å²) in [5, 5.41) is 6.29. The van der Waals surface area contributed by atoms with E-state index in [1.54, 1.807) is 0 Å². The van der Waals surface area contributed by atoms with E-state index in [4.69, 9.17) is 11.3 Å². The molecule has 1 aromatic rings. The number of amidine groups is 1. The summed E-state index contributed by atoms with van der Waals surface area (Å²) in [6.07, 6.45) is 1.48. The fraction of sp³-hybridized carbons (Fsp3) is 0.222. The summed E-state index contributed by atoms with van der Waals surface area (Å²) < 4.78 is 0. The lowest BCUT2D eigenvalue weighted by Crippen LogP contribution is -2.11. The maximum absolute atomic E-state index is 6.47. The number of benzene rings is 1. The molecule has 0 aromatic heterocycles. The van der Waals surface area contributed by atoms with Crippen molar-refractivity contribution in [3.8, 4) is 0 Å². The van der Waals surface area contributed by atoms with Crippen LogP contribution in [0.3, 0.4) is 0 Å². The fourth-order valence-corrected chi connectivity index (χ4v) is 1.03. The van der Waals surface area contributed by atoms with Crippen LogP contribution < -0.4 is 5.73 Å². The van der Waals surface area contributed by atoms with Crippen LogP contribution in [-0.4, -0.2) is 5.84 Å². The maximum atomic E-state index is 6.47. The molecule has 3 N–H and O–H groups in total. The number of nitrogens with zero attached hydrogens (tertiary/aromatic N) is 2. The van der Waals surface area contributed by atoms with Gasteiger partial charge >= 0.3 is 0 Å². The van der Waals surface area contributed by atoms with E-state index in [1.807, 2.05) is 30.3 Å². The number of rotatable bonds is 4. The number of aryl methyl sites for hydroxylation is 1. The van der Waals surface area contributed by atoms with E-state index >= 15 is 0 Å². The fourth-order valence-electron chi connectivity index (χ4n) is 1.03. The zero-order chi connectivity index (χ0) is 9.52. The molecule has 0 saturated heterocycles. The molecule has 0 bridgehead atoms. The average molecular weight is 176 g/mol. The SMILES string of the molecule is N=N/N=C(/N)CCc1ccccc1. The molecular formula is C9H12N4. The van der Waals surface area contributed by atoms with Gasteiger partial charge in [0.1, 0.15) is 5.84 Å². The Morgan fingerprint density at radius 1 is 1.31 bits per heavy atom. The third-order valence-electron chi connectivity index (χ3n) is 1.69. The molecule has 4 nitrogen and oxygen atoms in total. The molecule has 0 saturated carbocycles. The molecule has 13 heavy (non-hydrogen) atoms. The van der Waals surface area contributed by atoms with Gasteiger partial charge in [-0.15, -0.1) is 5.10 Å². The van der Waals surface area contributed by atoms with Gasteiger partial charge in [0.15, 0.2) is 0 Å². The Hall–Kier alpha value is -1.71. The first kappa shape index (κ1) is 9.38. The predicted octanol–water partition coefficient (Wildman–Crippen LogP) is 1.92. The Bertz CT molecular complexity index is 292. The molecule has 1 aromatic carbocycles. The summed E-state index contributed by atoms with van der Waals surface area (Å²) in [7, 11) is 0. The highest BCUT2D eigenvalue weighted by Gasteiger charge is 1.94. The minimum absolute atomic E-state index is 0.402. The van der Waals surface area contributed by atoms with Gasteiger partial charge in [0, 0.05) is 6.42 Å². The molecule has 0 radical (unpaired) electrons. The molecule has 0 heterocycles. The van der Waals surface area contributed by atoms with Crippen LogP contribution in [0.1, 0.15) is 12.0 Å². The Labute approximate surface area is 77.0 Å². The lowest BCUT2D eigenvalue weighted by Gasteiger charge is -1.98. The van der Waals surface area contributed by atoms with Gasteiger partial charge in [0.2, 0.25) is 0 Å². The van der Waals surface area contributed by atoms with Crippen molar-refractivity contribution in [2.45, 2.75) is 12.8 Å². The van der Waals surface area contributed by atoms with Crippen LogP contribution in [0.5, 0.6) is 0 Å². The molecule has 0 spiro atoms. The van der Waals surface area contributed by atoms with Crippen molar-refractivity contribution >= 4 is 5.84 Å². The second-order valence-corrected chi connectivity index (χ2v) is 2.68. The van der Waals surface area contributed by atoms with Crippen molar-refractivity contribution in [2.24, 2.45) is 16.1 Å². The van der Waals surface area contributed by atoms with Crippen LogP contribution in [0.15, 0.2) is 40.7 Å². The van der Waals surface area contributed by atoms with Crippen molar-refractivity contribution in [2.75, 3.05) is 0 Å². The molecule has 0 aliphatic heterocycles. The Balaban J connectivity index is 2.44. The Morgan fingerprint density at radius 2 is 2.00 bits per heavy atom. The van der Waals surface area contributed by atoms with Gasteiger partial charge in [0.25, 0.3) is 0 Å². The number of hydrogen-bond acceptors (Lipinski definition) is 2. The van der Waals surface area contributed by atoms with Gasteiger partial charge in [-0.1, -0.05) is 35.6 Å². The van der Waals surface area contributed by atoms with Gasteiger partial charge < -0.3 is 5.73 Å². The number of nitrogens with one attached hydrogen (secondary N) is 1. The molecular weight excluding hydrogens is 164 g/mol. The van der Waals surface area contributed by atoms with Gasteiger partial charge in [-0.25, -0.2) is 0 Å². The summed E-state index contributed by atoms with van der Waals surface area (Å²) in [6.45, 7) is 0. The minimum atomic E-state index is 0.402. The molecule has 68 valence electrons. The van der Waals surface area contributed by atoms with Crippen molar-refractivity contribution in [1.82, 2.24) is 0 Å². The molecule has 0 atom stereocenters. The second-order valence-electron chi connectivity index (χ2n) is 2.68. The molecule has 0 aliphatic rings. The first-order valence-electron chi connectivity index (χ1n) is 4.05. The zero-order valence-corrected chi connectivity index (χ0v) is 7.27. The van der Waals surface area contributed by atoms with Crippen molar-refractivity contribution < 1.29 is 0 Å². The van der Waals surface area contributed by atoms with E-state index in [-0.39, 0.29) is 0 Å². The highest BCUT2D eigenvalue weighted by atomic mass is 15.3. The maximum Gasteiger partial charge on any atom is 0.124 e. The van der Waals surface area contributed by atoms with E-state index in [1.165, 1.54) is 5.56 Å². The lowest BCUT2D eigenvalue weighted by atomic mass is 10.1. The third-order valence-corrected chi connectivity index (χ3v) is 1.69. The third kappa shape index (κ3) is 3.46. The van der Waals surface area contributed by atoms with E-state index in [2.05, 4.69) is 10.3 Å². The van der Waals surface area contributed by atoms with E-state index in [9.17, 15) is 0 Å². The summed E-state index contributed by atoms with van der Waals surface area (Å²) in [4.78, 5) is 0. The van der Waals surface area contributed by atoms with Crippen molar-refractivity contribution in [3.63, 3.8) is 0 Å². The first-order chi connectivity index (χ1) is 6.33. The summed E-state index contributed by atoms with van der Waals surface area (Å²) in [5.41, 5.74) is 13.2. The Morgan fingerprint density at radius 3 is 2.62 bits per heavy atom. The van der Waals surface area contributed by atoms with Crippen molar-refractivity contribution in [1.29, 1.82) is 5.53 Å². The molecule has 0 amide bonds. The van der Waals surface area contributed by atoms with Gasteiger partial charge in [-0.2, -0.15) is 5.53 Å². The van der Waals surface area contributed by atoms with Gasteiger partial charge in [0.05, 0.1) is 0 Å². The minimum Gasteiger partial charge on any atom is -0.386 e. The predicted molar refractivity (Wildman–Crippen MR) is 51.5 cm³/mol. The smallest absolute Gasteiger partial charge is 0.124 e. The normalized spacial score (nSPS) is 11.2. The molecule has 4 heteroatoms. The lowest BCUT2D eigenvalue weighted by molar-refractivity contribution is 0.948. The average Bonchev–Trinajstić information content (AvgIpc) is 2.17. The van der Waals surface area contributed by atoms with Crippen LogP contribution in [0.4, 0.5) is 0 Å². The molecule has 0 unspecified atom stereocenters. The monoisotopic (exact) mass is 176 g/mol. The quantitative estimate of drug-likeness (QED) is 0.313. The standard InChI is InChI=1S/C9H12N4/c10-9(12-13-11)7-6-8-4-2-1-3-5-8/h1-5H,6-7H2,(H3,10,11,12). The summed E-state index contributed by atoms with van der Waals surface area (Å²) in [6, 6.07) is 10.0. The van der Waals surface area contributed by atoms with Crippen LogP contribution >= 0.6 is 0 Å². The first-order valence-corrected chi connectivity index (χ1v) is 4.05. The topological polar surface area (TPSA) is 74.6 Å². The zero-order valence-electron chi connectivity index (χ0n) is 7.27. The number of nitrogens with two attached hydrogens (primary N) is 1. The molecule has 0 fully saturated rings. The summed E-state index contributed by atoms with van der Waals surface area (Å²) in [5.74, 6) is 0.402. The highest BCUT2D eigenvalue weighted by Crippen LogP contribution is 2.01. The van der Waals surface area contributed by atoms with Crippen LogP contribution in [-0.2, 0) is 6.42 Å². The largest absolute Gasteiger partial charge is 0.386 e. The van der Waals surface area contributed by atoms with Crippen LogP contribution in [0.2, 0.25) is 0 Å². The Kier molecular flexibility index (Phi) is 3.63. The van der Waals surface area contributed by atoms with E-state index in [0.717, 1.165) is 6.42 Å². The van der Waals surface area contributed by atoms with E-state index in [0.29, 0.717) is 12.3 Å². The van der Waals surface area contributed by atoms with Gasteiger partial charge in [-0.3, -0.25) is 0 Å². The molecule has 1 rings (SSSR count). The van der Waals surface area contributed by atoms with Crippen molar-refractivity contribution in [3.05, 3.63) is 35.9 Å². The van der Waals surface area contributed by atoms with Gasteiger partial charge in [-0.05, 0) is 12.0 Å². The van der Waals surface area contributed by atoms with E-state index < -0.39 is 0 Å². The summed E-state index contributed by atoms with van der Waals surface area (Å²) >= 11 is 0.